The Labute approximate surface area is 188 Å². The number of nitrogens with zero attached hydrogens (tertiary/aromatic N) is 3. The van der Waals surface area contributed by atoms with Crippen LogP contribution in [0.25, 0.3) is 0 Å². The van der Waals surface area contributed by atoms with E-state index in [2.05, 4.69) is 40.3 Å². The van der Waals surface area contributed by atoms with Gasteiger partial charge in [0.25, 0.3) is 0 Å². The minimum atomic E-state index is 0. The molecule has 6 nitrogen and oxygen atoms in total. The van der Waals surface area contributed by atoms with Gasteiger partial charge in [-0.25, -0.2) is 4.98 Å². The molecule has 1 aromatic rings. The summed E-state index contributed by atoms with van der Waals surface area (Å²) in [4.78, 5) is 21.0. The Morgan fingerprint density at radius 1 is 1.14 bits per heavy atom. The van der Waals surface area contributed by atoms with Gasteiger partial charge < -0.3 is 20.9 Å². The van der Waals surface area contributed by atoms with Crippen molar-refractivity contribution in [2.75, 3.05) is 43.9 Å². The molecule has 1 fully saturated rings. The van der Waals surface area contributed by atoms with E-state index in [1.807, 2.05) is 12.3 Å². The van der Waals surface area contributed by atoms with Crippen LogP contribution in [0.1, 0.15) is 44.9 Å². The van der Waals surface area contributed by atoms with Crippen LogP contribution in [0.15, 0.2) is 18.3 Å². The molecule has 2 rings (SSSR count). The van der Waals surface area contributed by atoms with E-state index in [4.69, 9.17) is 5.73 Å². The van der Waals surface area contributed by atoms with Crippen molar-refractivity contribution >= 4 is 54.6 Å². The first kappa shape index (κ1) is 29.4. The number of aromatic nitrogens is 1. The average molecular weight is 457 g/mol. The first-order chi connectivity index (χ1) is 12.1. The second-order valence-electron chi connectivity index (χ2n) is 7.08. The highest BCUT2D eigenvalue weighted by Crippen LogP contribution is 2.22. The van der Waals surface area contributed by atoms with Crippen LogP contribution in [-0.4, -0.2) is 55.6 Å². The maximum atomic E-state index is 11.9. The summed E-state index contributed by atoms with van der Waals surface area (Å²) in [6.45, 7) is 2.84. The predicted octanol–water partition coefficient (Wildman–Crippen LogP) is 3.73. The molecule has 9 heteroatoms. The number of nitrogens with two attached hydrogens (primary N) is 1. The van der Waals surface area contributed by atoms with E-state index in [0.29, 0.717) is 18.3 Å². The van der Waals surface area contributed by atoms with Gasteiger partial charge in [-0.1, -0.05) is 12.8 Å². The van der Waals surface area contributed by atoms with Gasteiger partial charge in [-0.2, -0.15) is 0 Å². The zero-order chi connectivity index (χ0) is 18.1. The third-order valence-corrected chi connectivity index (χ3v) is 4.93. The van der Waals surface area contributed by atoms with E-state index < -0.39 is 0 Å². The first-order valence-electron chi connectivity index (χ1n) is 9.47. The van der Waals surface area contributed by atoms with Crippen LogP contribution in [0.3, 0.4) is 0 Å². The summed E-state index contributed by atoms with van der Waals surface area (Å²) in [5.74, 6) is 0.679. The third-order valence-electron chi connectivity index (χ3n) is 4.93. The van der Waals surface area contributed by atoms with Crippen molar-refractivity contribution in [3.05, 3.63) is 18.3 Å². The maximum Gasteiger partial charge on any atom is 0.225 e. The molecule has 0 atom stereocenters. The third kappa shape index (κ3) is 10.1. The number of pyridine rings is 1. The molecule has 0 radical (unpaired) electrons. The van der Waals surface area contributed by atoms with Gasteiger partial charge in [0.05, 0.1) is 11.9 Å². The number of carbonyl (C=O) groups is 1. The monoisotopic (exact) mass is 455 g/mol. The van der Waals surface area contributed by atoms with Crippen molar-refractivity contribution in [1.29, 1.82) is 0 Å². The fourth-order valence-electron chi connectivity index (χ4n) is 3.28. The van der Waals surface area contributed by atoms with E-state index in [0.717, 1.165) is 51.0 Å². The van der Waals surface area contributed by atoms with Crippen LogP contribution in [0.5, 0.6) is 0 Å². The van der Waals surface area contributed by atoms with Crippen LogP contribution in [0.2, 0.25) is 0 Å². The summed E-state index contributed by atoms with van der Waals surface area (Å²) in [7, 11) is 4.30. The molecule has 0 aliphatic carbocycles. The number of carbonyl (C=O) groups excluding carboxylic acids is 1. The Morgan fingerprint density at radius 3 is 2.32 bits per heavy atom. The SMILES string of the molecule is CN(C)C1CCN(c2ccc(NC(=O)CCCCCCN)nc2)CC1.Cl.Cl.Cl. The fraction of sp³-hybridized carbons (Fsp3) is 0.684. The smallest absolute Gasteiger partial charge is 0.225 e. The Kier molecular flexibility index (Phi) is 16.9. The largest absolute Gasteiger partial charge is 0.370 e. The van der Waals surface area contributed by atoms with Crippen molar-refractivity contribution < 1.29 is 4.79 Å². The summed E-state index contributed by atoms with van der Waals surface area (Å²) >= 11 is 0. The van der Waals surface area contributed by atoms with Gasteiger partial charge in [0, 0.05) is 25.6 Å². The molecule has 0 aromatic carbocycles. The maximum absolute atomic E-state index is 11.9. The van der Waals surface area contributed by atoms with Crippen LogP contribution < -0.4 is 16.0 Å². The molecular formula is C19H36Cl3N5O. The molecule has 1 aromatic heterocycles. The molecule has 28 heavy (non-hydrogen) atoms. The highest BCUT2D eigenvalue weighted by molar-refractivity contribution is 5.89. The number of amides is 1. The standard InChI is InChI=1S/C19H33N5O.3ClH/c1-23(2)16-10-13-24(14-11-16)17-8-9-18(21-15-17)22-19(25)7-5-3-4-6-12-20;;;/h8-9,15-16H,3-7,10-14,20H2,1-2H3,(H,21,22,25);3*1H. The Balaban J connectivity index is 0. The molecule has 3 N–H and O–H groups in total. The second-order valence-corrected chi connectivity index (χ2v) is 7.08. The van der Waals surface area contributed by atoms with Crippen molar-refractivity contribution in [3.63, 3.8) is 0 Å². The van der Waals surface area contributed by atoms with Gasteiger partial charge in [-0.05, 0) is 58.5 Å². The Bertz CT molecular complexity index is 523. The second kappa shape index (κ2) is 16.1. The number of halogens is 3. The minimum absolute atomic E-state index is 0. The lowest BCUT2D eigenvalue weighted by molar-refractivity contribution is -0.116. The lowest BCUT2D eigenvalue weighted by Gasteiger charge is -2.36. The lowest BCUT2D eigenvalue weighted by atomic mass is 10.0. The van der Waals surface area contributed by atoms with E-state index in [1.165, 1.54) is 12.8 Å². The molecule has 1 amide bonds. The number of piperidine rings is 1. The van der Waals surface area contributed by atoms with E-state index in [9.17, 15) is 4.79 Å². The molecule has 1 saturated heterocycles. The zero-order valence-corrected chi connectivity index (χ0v) is 19.4. The topological polar surface area (TPSA) is 74.5 Å². The molecule has 0 unspecified atom stereocenters. The van der Waals surface area contributed by atoms with Crippen molar-refractivity contribution in [2.24, 2.45) is 5.73 Å². The van der Waals surface area contributed by atoms with Crippen LogP contribution in [0.4, 0.5) is 11.5 Å². The minimum Gasteiger partial charge on any atom is -0.370 e. The van der Waals surface area contributed by atoms with E-state index >= 15 is 0 Å². The lowest BCUT2D eigenvalue weighted by Crippen LogP contribution is -2.42. The molecular weight excluding hydrogens is 421 g/mol. The van der Waals surface area contributed by atoms with Crippen molar-refractivity contribution in [3.8, 4) is 0 Å². The summed E-state index contributed by atoms with van der Waals surface area (Å²) in [6, 6.07) is 4.63. The predicted molar refractivity (Wildman–Crippen MR) is 126 cm³/mol. The number of hydrogen-bond acceptors (Lipinski definition) is 5. The normalized spacial score (nSPS) is 13.9. The molecule has 0 spiro atoms. The summed E-state index contributed by atoms with van der Waals surface area (Å²) in [6.07, 6.45) is 8.87. The van der Waals surface area contributed by atoms with Gasteiger partial charge >= 0.3 is 0 Å². The number of rotatable bonds is 9. The molecule has 164 valence electrons. The van der Waals surface area contributed by atoms with E-state index in [-0.39, 0.29) is 43.1 Å². The van der Waals surface area contributed by atoms with Crippen LogP contribution in [0, 0.1) is 0 Å². The Morgan fingerprint density at radius 2 is 1.79 bits per heavy atom. The summed E-state index contributed by atoms with van der Waals surface area (Å²) < 4.78 is 0. The zero-order valence-electron chi connectivity index (χ0n) is 16.9. The molecule has 1 aliphatic heterocycles. The molecule has 0 saturated carbocycles. The van der Waals surface area contributed by atoms with Gasteiger partial charge in [-0.15, -0.1) is 37.2 Å². The fourth-order valence-corrected chi connectivity index (χ4v) is 3.28. The van der Waals surface area contributed by atoms with Crippen molar-refractivity contribution in [2.45, 2.75) is 51.0 Å². The number of nitrogens with one attached hydrogen (secondary N) is 1. The van der Waals surface area contributed by atoms with Gasteiger partial charge in [0.2, 0.25) is 5.91 Å². The summed E-state index contributed by atoms with van der Waals surface area (Å²) in [5.41, 5.74) is 6.60. The highest BCUT2D eigenvalue weighted by Gasteiger charge is 2.20. The average Bonchev–Trinajstić information content (AvgIpc) is 2.62. The number of unbranched alkanes of at least 4 members (excludes halogenated alkanes) is 3. The molecule has 1 aliphatic rings. The molecule has 2 heterocycles. The molecule has 0 bridgehead atoms. The van der Waals surface area contributed by atoms with Crippen LogP contribution >= 0.6 is 37.2 Å². The van der Waals surface area contributed by atoms with Gasteiger partial charge in [0.15, 0.2) is 0 Å². The number of hydrogen-bond donors (Lipinski definition) is 2. The van der Waals surface area contributed by atoms with Crippen LogP contribution in [-0.2, 0) is 4.79 Å². The quantitative estimate of drug-likeness (QED) is 0.554. The first-order valence-corrected chi connectivity index (χ1v) is 9.47. The van der Waals surface area contributed by atoms with Gasteiger partial charge in [0.1, 0.15) is 5.82 Å². The van der Waals surface area contributed by atoms with E-state index in [1.54, 1.807) is 0 Å². The van der Waals surface area contributed by atoms with Crippen molar-refractivity contribution in [1.82, 2.24) is 9.88 Å². The summed E-state index contributed by atoms with van der Waals surface area (Å²) in [5, 5.41) is 2.89. The highest BCUT2D eigenvalue weighted by atomic mass is 35.5. The Hall–Kier alpha value is -0.790. The number of anilines is 2. The van der Waals surface area contributed by atoms with Gasteiger partial charge in [-0.3, -0.25) is 4.79 Å².